The molecule has 0 bridgehead atoms. The van der Waals surface area contributed by atoms with E-state index in [0.717, 1.165) is 12.8 Å². The van der Waals surface area contributed by atoms with Crippen molar-refractivity contribution in [1.82, 2.24) is 5.32 Å². The first kappa shape index (κ1) is 12.5. The van der Waals surface area contributed by atoms with Gasteiger partial charge in [0.15, 0.2) is 0 Å². The summed E-state index contributed by atoms with van der Waals surface area (Å²) in [6, 6.07) is 0.358. The van der Waals surface area contributed by atoms with Crippen LogP contribution in [-0.2, 0) is 4.79 Å². The van der Waals surface area contributed by atoms with E-state index in [1.54, 1.807) is 0 Å². The summed E-state index contributed by atoms with van der Waals surface area (Å²) in [6.45, 7) is 1.87. The number of hydrogen-bond acceptors (Lipinski definition) is 1. The minimum atomic E-state index is 0. The van der Waals surface area contributed by atoms with Gasteiger partial charge < -0.3 is 0 Å². The molecule has 0 aliphatic heterocycles. The van der Waals surface area contributed by atoms with E-state index in [-0.39, 0.29) is 35.5 Å². The second-order valence-electron chi connectivity index (χ2n) is 3.17. The number of nitrogens with zero attached hydrogens (tertiary/aromatic N) is 1. The maximum absolute atomic E-state index is 10.9. The van der Waals surface area contributed by atoms with Gasteiger partial charge >= 0.3 is 29.6 Å². The average molecular weight is 178 g/mol. The normalized spacial score (nSPS) is 18.1. The molecule has 12 heavy (non-hydrogen) atoms. The van der Waals surface area contributed by atoms with Crippen molar-refractivity contribution in [2.45, 2.75) is 51.5 Å². The third-order valence-electron chi connectivity index (χ3n) is 2.20. The summed E-state index contributed by atoms with van der Waals surface area (Å²) in [6.07, 6.45) is 6.66. The first-order valence-corrected chi connectivity index (χ1v) is 4.56. The Bertz CT molecular complexity index is 132. The van der Waals surface area contributed by atoms with Crippen molar-refractivity contribution in [3.05, 3.63) is 0 Å². The van der Waals surface area contributed by atoms with Gasteiger partial charge in [0.05, 0.1) is 6.04 Å². The quantitative estimate of drug-likeness (QED) is 0.585. The standard InChI is InChI=1S/C9H16NO.Na.H/c1-2-9(11)10-8-6-4-3-5-7-8;;/h8H,2-7H2,1H3;;. The van der Waals surface area contributed by atoms with E-state index >= 15 is 0 Å². The first-order chi connectivity index (χ1) is 5.33. The molecule has 0 aromatic carbocycles. The predicted molar refractivity (Wildman–Crippen MR) is 51.5 cm³/mol. The molecule has 65 valence electrons. The zero-order valence-corrected chi connectivity index (χ0v) is 7.18. The van der Waals surface area contributed by atoms with E-state index in [2.05, 4.69) is 5.32 Å². The van der Waals surface area contributed by atoms with Gasteiger partial charge in [0, 0.05) is 6.42 Å². The Morgan fingerprint density at radius 1 is 1.33 bits per heavy atom. The SMILES string of the molecule is CCC(=O)[N]C1CCCCC1.[NaH]. The van der Waals surface area contributed by atoms with Gasteiger partial charge in [-0.05, 0) is 12.8 Å². The second kappa shape index (κ2) is 6.93. The van der Waals surface area contributed by atoms with Crippen molar-refractivity contribution in [3.63, 3.8) is 0 Å². The fraction of sp³-hybridized carbons (Fsp3) is 0.889. The average Bonchev–Trinajstić information content (AvgIpc) is 2.06. The number of rotatable bonds is 2. The molecule has 1 amide bonds. The predicted octanol–water partition coefficient (Wildman–Crippen LogP) is 1.21. The molecule has 1 saturated carbocycles. The molecule has 0 saturated heterocycles. The van der Waals surface area contributed by atoms with Gasteiger partial charge in [-0.25, -0.2) is 5.32 Å². The summed E-state index contributed by atoms with van der Waals surface area (Å²) in [4.78, 5) is 10.9. The second-order valence-corrected chi connectivity index (χ2v) is 3.17. The van der Waals surface area contributed by atoms with Crippen molar-refractivity contribution in [3.8, 4) is 0 Å². The van der Waals surface area contributed by atoms with Crippen LogP contribution in [0, 0.1) is 0 Å². The zero-order chi connectivity index (χ0) is 8.10. The first-order valence-electron chi connectivity index (χ1n) is 4.56. The van der Waals surface area contributed by atoms with E-state index in [4.69, 9.17) is 0 Å². The Labute approximate surface area is 96.8 Å². The summed E-state index contributed by atoms with van der Waals surface area (Å²) in [5, 5.41) is 4.12. The van der Waals surface area contributed by atoms with Gasteiger partial charge in [-0.15, -0.1) is 0 Å². The Kier molecular flexibility index (Phi) is 7.20. The number of hydrogen-bond donors (Lipinski definition) is 0. The molecule has 0 N–H and O–H groups in total. The minimum absolute atomic E-state index is 0. The van der Waals surface area contributed by atoms with Crippen molar-refractivity contribution in [2.24, 2.45) is 0 Å². The molecule has 1 radical (unpaired) electrons. The van der Waals surface area contributed by atoms with Crippen LogP contribution in [-0.4, -0.2) is 41.5 Å². The van der Waals surface area contributed by atoms with Gasteiger partial charge in [0.1, 0.15) is 0 Å². The molecule has 0 aromatic heterocycles. The number of carbonyl (C=O) groups is 1. The molecule has 3 heteroatoms. The van der Waals surface area contributed by atoms with E-state index < -0.39 is 0 Å². The number of amides is 1. The van der Waals surface area contributed by atoms with Crippen LogP contribution in [0.3, 0.4) is 0 Å². The molecule has 0 atom stereocenters. The van der Waals surface area contributed by atoms with Crippen LogP contribution in [0.5, 0.6) is 0 Å². The Balaban J connectivity index is 0.00000121. The van der Waals surface area contributed by atoms with Crippen molar-refractivity contribution >= 4 is 35.5 Å². The fourth-order valence-corrected chi connectivity index (χ4v) is 1.51. The zero-order valence-electron chi connectivity index (χ0n) is 7.18. The van der Waals surface area contributed by atoms with Crippen molar-refractivity contribution < 1.29 is 4.79 Å². The molecule has 0 unspecified atom stereocenters. The summed E-state index contributed by atoms with van der Waals surface area (Å²) >= 11 is 0. The van der Waals surface area contributed by atoms with Gasteiger partial charge in [-0.1, -0.05) is 26.2 Å². The van der Waals surface area contributed by atoms with Gasteiger partial charge in [0.2, 0.25) is 5.91 Å². The van der Waals surface area contributed by atoms with Crippen LogP contribution in [0.1, 0.15) is 45.4 Å². The Morgan fingerprint density at radius 3 is 2.42 bits per heavy atom. The molecule has 1 aliphatic rings. The molecule has 1 aliphatic carbocycles. The summed E-state index contributed by atoms with van der Waals surface area (Å²) in [7, 11) is 0. The summed E-state index contributed by atoms with van der Waals surface area (Å²) in [5.74, 6) is 0.0805. The van der Waals surface area contributed by atoms with Crippen LogP contribution < -0.4 is 5.32 Å². The van der Waals surface area contributed by atoms with Crippen molar-refractivity contribution in [1.29, 1.82) is 0 Å². The summed E-state index contributed by atoms with van der Waals surface area (Å²) < 4.78 is 0. The van der Waals surface area contributed by atoms with Gasteiger partial charge in [0.25, 0.3) is 0 Å². The molecular weight excluding hydrogens is 161 g/mol. The third kappa shape index (κ3) is 4.48. The third-order valence-corrected chi connectivity index (χ3v) is 2.20. The molecule has 0 spiro atoms. The Hall–Kier alpha value is 0.470. The molecular formula is C9H17NNaO. The summed E-state index contributed by atoms with van der Waals surface area (Å²) in [5.41, 5.74) is 0. The van der Waals surface area contributed by atoms with Crippen LogP contribution in [0.2, 0.25) is 0 Å². The maximum atomic E-state index is 10.9. The molecule has 2 nitrogen and oxygen atoms in total. The van der Waals surface area contributed by atoms with E-state index in [1.165, 1.54) is 19.3 Å². The topological polar surface area (TPSA) is 31.2 Å². The number of carbonyl (C=O) groups excluding carboxylic acids is 1. The Morgan fingerprint density at radius 2 is 1.92 bits per heavy atom. The van der Waals surface area contributed by atoms with Crippen LogP contribution in [0.25, 0.3) is 0 Å². The van der Waals surface area contributed by atoms with E-state index in [1.807, 2.05) is 6.92 Å². The molecule has 0 heterocycles. The fourth-order valence-electron chi connectivity index (χ4n) is 1.51. The van der Waals surface area contributed by atoms with Crippen LogP contribution in [0.15, 0.2) is 0 Å². The van der Waals surface area contributed by atoms with E-state index in [9.17, 15) is 4.79 Å². The molecule has 1 rings (SSSR count). The van der Waals surface area contributed by atoms with Gasteiger partial charge in [-0.2, -0.15) is 0 Å². The monoisotopic (exact) mass is 178 g/mol. The molecule has 0 aromatic rings. The van der Waals surface area contributed by atoms with Crippen molar-refractivity contribution in [2.75, 3.05) is 0 Å². The van der Waals surface area contributed by atoms with E-state index in [0.29, 0.717) is 12.5 Å². The van der Waals surface area contributed by atoms with Crippen LogP contribution in [0.4, 0.5) is 0 Å². The van der Waals surface area contributed by atoms with Gasteiger partial charge in [-0.3, -0.25) is 4.79 Å². The molecule has 1 fully saturated rings. The van der Waals surface area contributed by atoms with Crippen LogP contribution >= 0.6 is 0 Å².